The first kappa shape index (κ1) is 15.1. The summed E-state index contributed by atoms with van der Waals surface area (Å²) < 4.78 is 8.60. The van der Waals surface area contributed by atoms with Gasteiger partial charge in [-0.1, -0.05) is 48.5 Å². The quantitative estimate of drug-likeness (QED) is 0.469. The third-order valence-corrected chi connectivity index (χ3v) is 5.13. The highest BCUT2D eigenvalue weighted by Gasteiger charge is 2.23. The van der Waals surface area contributed by atoms with Gasteiger partial charge in [0, 0.05) is 35.2 Å². The van der Waals surface area contributed by atoms with Gasteiger partial charge in [-0.15, -0.1) is 6.58 Å². The Labute approximate surface area is 152 Å². The highest BCUT2D eigenvalue weighted by molar-refractivity contribution is 6.11. The lowest BCUT2D eigenvalue weighted by molar-refractivity contribution is 0.293. The summed E-state index contributed by atoms with van der Waals surface area (Å²) in [6.45, 7) is 6.14. The van der Waals surface area contributed by atoms with Gasteiger partial charge in [-0.05, 0) is 24.3 Å². The van der Waals surface area contributed by atoms with Crippen molar-refractivity contribution in [2.24, 2.45) is 0 Å². The molecule has 4 aromatic rings. The molecule has 1 aromatic heterocycles. The van der Waals surface area contributed by atoms with Crippen molar-refractivity contribution in [3.05, 3.63) is 84.9 Å². The molecule has 3 heteroatoms. The smallest absolute Gasteiger partial charge is 0.161 e. The Kier molecular flexibility index (Phi) is 3.45. The van der Waals surface area contributed by atoms with E-state index < -0.39 is 0 Å². The zero-order valence-corrected chi connectivity index (χ0v) is 14.6. The van der Waals surface area contributed by atoms with Crippen LogP contribution >= 0.6 is 0 Å². The molecule has 0 saturated heterocycles. The van der Waals surface area contributed by atoms with E-state index in [4.69, 9.17) is 4.74 Å². The lowest BCUT2D eigenvalue weighted by Gasteiger charge is -2.31. The molecule has 26 heavy (non-hydrogen) atoms. The molecule has 3 nitrogen and oxygen atoms in total. The van der Waals surface area contributed by atoms with Crippen LogP contribution in [0, 0.1) is 0 Å². The van der Waals surface area contributed by atoms with Crippen LogP contribution in [0.1, 0.15) is 5.56 Å². The molecule has 1 aliphatic rings. The second-order valence-corrected chi connectivity index (χ2v) is 6.67. The summed E-state index contributed by atoms with van der Waals surface area (Å²) in [6.07, 6.45) is 1.95. The van der Waals surface area contributed by atoms with Gasteiger partial charge in [-0.2, -0.15) is 0 Å². The number of allylic oxidation sites excluding steroid dienone is 1. The average Bonchev–Trinajstić information content (AvgIpc) is 3.03. The van der Waals surface area contributed by atoms with Gasteiger partial charge in [0.1, 0.15) is 5.75 Å². The number of para-hydroxylation sites is 2. The molecule has 0 spiro atoms. The molecule has 5 rings (SSSR count). The topological polar surface area (TPSA) is 17.4 Å². The zero-order chi connectivity index (χ0) is 17.5. The van der Waals surface area contributed by atoms with Crippen molar-refractivity contribution in [2.75, 3.05) is 11.6 Å². The minimum atomic E-state index is 0.567. The summed E-state index contributed by atoms with van der Waals surface area (Å²) in [7, 11) is 0. The molecular formula is C23H20N2O. The largest absolute Gasteiger partial charge is 0.472 e. The van der Waals surface area contributed by atoms with E-state index in [1.165, 1.54) is 33.1 Å². The minimum absolute atomic E-state index is 0.567. The maximum absolute atomic E-state index is 6.29. The Hall–Kier alpha value is -3.20. The first-order valence-corrected chi connectivity index (χ1v) is 8.93. The van der Waals surface area contributed by atoms with Gasteiger partial charge >= 0.3 is 0 Å². The molecule has 0 amide bonds. The molecule has 128 valence electrons. The molecule has 0 bridgehead atoms. The van der Waals surface area contributed by atoms with E-state index in [0.717, 1.165) is 18.8 Å². The Bertz CT molecular complexity index is 1110. The van der Waals surface area contributed by atoms with E-state index in [-0.39, 0.29) is 0 Å². The van der Waals surface area contributed by atoms with Crippen LogP contribution in [0.25, 0.3) is 21.8 Å². The molecule has 3 aromatic carbocycles. The normalized spacial score (nSPS) is 13.6. The lowest BCUT2D eigenvalue weighted by Crippen LogP contribution is -2.31. The summed E-state index contributed by atoms with van der Waals surface area (Å²) in [6, 6.07) is 23.4. The first-order valence-electron chi connectivity index (χ1n) is 8.93. The Morgan fingerprint density at radius 2 is 1.73 bits per heavy atom. The summed E-state index contributed by atoms with van der Waals surface area (Å²) in [5.74, 6) is 1.02. The second kappa shape index (κ2) is 5.95. The number of benzene rings is 3. The van der Waals surface area contributed by atoms with Gasteiger partial charge in [0.05, 0.1) is 10.9 Å². The van der Waals surface area contributed by atoms with Crippen LogP contribution in [-0.2, 0) is 13.1 Å². The molecule has 1 aliphatic heterocycles. The van der Waals surface area contributed by atoms with Crippen molar-refractivity contribution in [3.8, 4) is 5.75 Å². The number of hydrogen-bond donors (Lipinski definition) is 0. The van der Waals surface area contributed by atoms with Crippen LogP contribution in [0.4, 0.5) is 5.69 Å². The number of nitrogens with zero attached hydrogens (tertiary/aromatic N) is 2. The monoisotopic (exact) mass is 340 g/mol. The third-order valence-electron chi connectivity index (χ3n) is 5.13. The van der Waals surface area contributed by atoms with Crippen LogP contribution in [0.3, 0.4) is 0 Å². The molecule has 0 N–H and O–H groups in total. The number of anilines is 1. The van der Waals surface area contributed by atoms with Crippen molar-refractivity contribution in [3.63, 3.8) is 0 Å². The minimum Gasteiger partial charge on any atom is -0.472 e. The third kappa shape index (κ3) is 2.21. The molecule has 0 aliphatic carbocycles. The second-order valence-electron chi connectivity index (χ2n) is 6.67. The molecule has 0 radical (unpaired) electrons. The Morgan fingerprint density at radius 1 is 0.923 bits per heavy atom. The fraction of sp³-hybridized carbons (Fsp3) is 0.130. The standard InChI is InChI=1S/C23H20N2O/c1-2-14-25-20-11-7-6-10-19(20)22-21(25)13-12-17-15-24(16-26-23(17)22)18-8-4-3-5-9-18/h2-13H,1,14-16H2. The predicted molar refractivity (Wildman–Crippen MR) is 108 cm³/mol. The highest BCUT2D eigenvalue weighted by atomic mass is 16.5. The van der Waals surface area contributed by atoms with Crippen LogP contribution in [0.15, 0.2) is 79.4 Å². The number of rotatable bonds is 3. The van der Waals surface area contributed by atoms with E-state index in [0.29, 0.717) is 6.73 Å². The number of hydrogen-bond acceptors (Lipinski definition) is 2. The molecular weight excluding hydrogens is 320 g/mol. The van der Waals surface area contributed by atoms with E-state index >= 15 is 0 Å². The summed E-state index contributed by atoms with van der Waals surface area (Å²) in [4.78, 5) is 2.26. The Balaban J connectivity index is 1.69. The van der Waals surface area contributed by atoms with Gasteiger partial charge in [0.2, 0.25) is 0 Å². The van der Waals surface area contributed by atoms with Crippen LogP contribution < -0.4 is 9.64 Å². The van der Waals surface area contributed by atoms with Gasteiger partial charge in [0.15, 0.2) is 6.73 Å². The summed E-state index contributed by atoms with van der Waals surface area (Å²) in [5, 5.41) is 2.46. The average molecular weight is 340 g/mol. The SMILES string of the molecule is C=CCn1c2ccccc2c2c3c(ccc21)CN(c1ccccc1)CO3. The van der Waals surface area contributed by atoms with E-state index in [9.17, 15) is 0 Å². The Morgan fingerprint density at radius 3 is 2.58 bits per heavy atom. The maximum atomic E-state index is 6.29. The van der Waals surface area contributed by atoms with Gasteiger partial charge < -0.3 is 14.2 Å². The molecule has 0 fully saturated rings. The van der Waals surface area contributed by atoms with E-state index in [2.05, 4.69) is 76.7 Å². The van der Waals surface area contributed by atoms with Crippen molar-refractivity contribution in [1.29, 1.82) is 0 Å². The van der Waals surface area contributed by atoms with Crippen LogP contribution in [-0.4, -0.2) is 11.3 Å². The number of aromatic nitrogens is 1. The molecule has 0 unspecified atom stereocenters. The first-order chi connectivity index (χ1) is 12.9. The molecule has 0 saturated carbocycles. The van der Waals surface area contributed by atoms with Crippen molar-refractivity contribution >= 4 is 27.5 Å². The van der Waals surface area contributed by atoms with Crippen molar-refractivity contribution in [2.45, 2.75) is 13.1 Å². The van der Waals surface area contributed by atoms with Crippen molar-refractivity contribution in [1.82, 2.24) is 4.57 Å². The maximum Gasteiger partial charge on any atom is 0.161 e. The predicted octanol–water partition coefficient (Wildman–Crippen LogP) is 5.34. The molecule has 0 atom stereocenters. The zero-order valence-electron chi connectivity index (χ0n) is 14.6. The summed E-state index contributed by atoms with van der Waals surface area (Å²) in [5.41, 5.74) is 4.85. The van der Waals surface area contributed by atoms with Crippen LogP contribution in [0.5, 0.6) is 5.75 Å². The van der Waals surface area contributed by atoms with Gasteiger partial charge in [-0.3, -0.25) is 0 Å². The fourth-order valence-corrected chi connectivity index (χ4v) is 3.96. The van der Waals surface area contributed by atoms with E-state index in [1.54, 1.807) is 0 Å². The number of ether oxygens (including phenoxy) is 1. The summed E-state index contributed by atoms with van der Waals surface area (Å²) >= 11 is 0. The fourth-order valence-electron chi connectivity index (χ4n) is 3.96. The number of fused-ring (bicyclic) bond motifs is 5. The van der Waals surface area contributed by atoms with Crippen LogP contribution in [0.2, 0.25) is 0 Å². The highest BCUT2D eigenvalue weighted by Crippen LogP contribution is 2.40. The van der Waals surface area contributed by atoms with Gasteiger partial charge in [0.25, 0.3) is 0 Å². The van der Waals surface area contributed by atoms with Gasteiger partial charge in [-0.25, -0.2) is 0 Å². The van der Waals surface area contributed by atoms with E-state index in [1.807, 2.05) is 12.1 Å². The van der Waals surface area contributed by atoms with Crippen molar-refractivity contribution < 1.29 is 4.74 Å². The lowest BCUT2D eigenvalue weighted by atomic mass is 10.1. The molecule has 2 heterocycles.